The molecule has 2 aromatic carbocycles. The molecule has 5 heteroatoms. The Bertz CT molecular complexity index is 665. The van der Waals surface area contributed by atoms with Gasteiger partial charge in [0.2, 0.25) is 0 Å². The highest BCUT2D eigenvalue weighted by Crippen LogP contribution is 2.12. The zero-order valence-corrected chi connectivity index (χ0v) is 14.5. The molecule has 0 atom stereocenters. The van der Waals surface area contributed by atoms with Crippen molar-refractivity contribution in [3.8, 4) is 0 Å². The maximum absolute atomic E-state index is 12.3. The number of hydrogen-bond donors (Lipinski definition) is 0. The van der Waals surface area contributed by atoms with Crippen molar-refractivity contribution >= 4 is 34.5 Å². The van der Waals surface area contributed by atoms with Crippen LogP contribution >= 0.6 is 22.6 Å². The van der Waals surface area contributed by atoms with Crippen molar-refractivity contribution < 1.29 is 14.3 Å². The lowest BCUT2D eigenvalue weighted by molar-refractivity contribution is 0.0600. The molecular formula is C17H16INO3. The Morgan fingerprint density at radius 1 is 1.00 bits per heavy atom. The fourth-order valence-corrected chi connectivity index (χ4v) is 2.38. The third kappa shape index (κ3) is 4.07. The second-order valence-electron chi connectivity index (χ2n) is 4.86. The van der Waals surface area contributed by atoms with E-state index in [1.165, 1.54) is 7.11 Å². The molecule has 22 heavy (non-hydrogen) atoms. The number of nitrogens with zero attached hydrogens (tertiary/aromatic N) is 1. The number of amides is 1. The molecule has 0 unspecified atom stereocenters. The first-order valence-electron chi connectivity index (χ1n) is 6.69. The van der Waals surface area contributed by atoms with Crippen LogP contribution in [0.25, 0.3) is 0 Å². The number of halogens is 1. The Morgan fingerprint density at radius 2 is 1.55 bits per heavy atom. The van der Waals surface area contributed by atoms with Crippen LogP contribution < -0.4 is 0 Å². The van der Waals surface area contributed by atoms with E-state index in [9.17, 15) is 9.59 Å². The van der Waals surface area contributed by atoms with Gasteiger partial charge < -0.3 is 9.64 Å². The van der Waals surface area contributed by atoms with E-state index in [4.69, 9.17) is 0 Å². The predicted molar refractivity (Wildman–Crippen MR) is 92.7 cm³/mol. The summed E-state index contributed by atoms with van der Waals surface area (Å²) in [6.07, 6.45) is 0. The van der Waals surface area contributed by atoms with Gasteiger partial charge in [-0.2, -0.15) is 0 Å². The van der Waals surface area contributed by atoms with Crippen molar-refractivity contribution in [2.45, 2.75) is 6.54 Å². The molecule has 2 aromatic rings. The Balaban J connectivity index is 2.05. The van der Waals surface area contributed by atoms with Crippen LogP contribution in [0.4, 0.5) is 0 Å². The maximum atomic E-state index is 12.3. The third-order valence-electron chi connectivity index (χ3n) is 3.23. The van der Waals surface area contributed by atoms with Gasteiger partial charge in [-0.15, -0.1) is 0 Å². The molecule has 114 valence electrons. The first kappa shape index (κ1) is 16.5. The molecule has 1 amide bonds. The quantitative estimate of drug-likeness (QED) is 0.575. The van der Waals surface area contributed by atoms with Crippen molar-refractivity contribution in [1.82, 2.24) is 4.90 Å². The summed E-state index contributed by atoms with van der Waals surface area (Å²) in [6, 6.07) is 14.5. The number of benzene rings is 2. The van der Waals surface area contributed by atoms with E-state index in [-0.39, 0.29) is 11.9 Å². The van der Waals surface area contributed by atoms with Crippen LogP contribution in [-0.2, 0) is 11.3 Å². The summed E-state index contributed by atoms with van der Waals surface area (Å²) < 4.78 is 5.75. The van der Waals surface area contributed by atoms with Gasteiger partial charge >= 0.3 is 5.97 Å². The number of rotatable bonds is 4. The molecule has 0 bridgehead atoms. The van der Waals surface area contributed by atoms with Crippen LogP contribution in [0.2, 0.25) is 0 Å². The van der Waals surface area contributed by atoms with E-state index in [2.05, 4.69) is 27.3 Å². The largest absolute Gasteiger partial charge is 0.465 e. The van der Waals surface area contributed by atoms with Crippen molar-refractivity contribution in [2.75, 3.05) is 14.2 Å². The summed E-state index contributed by atoms with van der Waals surface area (Å²) in [6.45, 7) is 0.478. The lowest BCUT2D eigenvalue weighted by Gasteiger charge is -2.17. The Kier molecular flexibility index (Phi) is 5.54. The SMILES string of the molecule is COC(=O)c1ccc(CN(C)C(=O)c2ccc(I)cc2)cc1. The molecule has 0 spiro atoms. The minimum atomic E-state index is -0.366. The highest BCUT2D eigenvalue weighted by Gasteiger charge is 2.12. The summed E-state index contributed by atoms with van der Waals surface area (Å²) in [5, 5.41) is 0. The lowest BCUT2D eigenvalue weighted by atomic mass is 10.1. The van der Waals surface area contributed by atoms with Crippen LogP contribution in [0.5, 0.6) is 0 Å². The summed E-state index contributed by atoms with van der Waals surface area (Å²) in [5.41, 5.74) is 2.11. The van der Waals surface area contributed by atoms with E-state index in [1.807, 2.05) is 36.4 Å². The summed E-state index contributed by atoms with van der Waals surface area (Å²) in [5.74, 6) is -0.400. The molecule has 4 nitrogen and oxygen atoms in total. The fraction of sp³-hybridized carbons (Fsp3) is 0.176. The highest BCUT2D eigenvalue weighted by molar-refractivity contribution is 14.1. The minimum Gasteiger partial charge on any atom is -0.465 e. The second kappa shape index (κ2) is 7.40. The molecule has 0 radical (unpaired) electrons. The molecule has 2 rings (SSSR count). The van der Waals surface area contributed by atoms with Gasteiger partial charge in [-0.05, 0) is 64.6 Å². The molecule has 0 heterocycles. The first-order chi connectivity index (χ1) is 10.5. The normalized spacial score (nSPS) is 10.1. The number of carbonyl (C=O) groups is 2. The number of hydrogen-bond acceptors (Lipinski definition) is 3. The number of ether oxygens (including phenoxy) is 1. The second-order valence-corrected chi connectivity index (χ2v) is 6.10. The van der Waals surface area contributed by atoms with E-state index in [1.54, 1.807) is 24.1 Å². The van der Waals surface area contributed by atoms with Crippen molar-refractivity contribution in [1.29, 1.82) is 0 Å². The fourth-order valence-electron chi connectivity index (χ4n) is 2.02. The van der Waals surface area contributed by atoms with E-state index in [0.29, 0.717) is 17.7 Å². The summed E-state index contributed by atoms with van der Waals surface area (Å²) in [4.78, 5) is 25.4. The molecule has 0 aliphatic rings. The minimum absolute atomic E-state index is 0.0338. The summed E-state index contributed by atoms with van der Waals surface area (Å²) >= 11 is 2.20. The van der Waals surface area contributed by atoms with Gasteiger partial charge in [-0.25, -0.2) is 4.79 Å². The topological polar surface area (TPSA) is 46.6 Å². The molecule has 0 aliphatic carbocycles. The van der Waals surface area contributed by atoms with Gasteiger partial charge in [0.05, 0.1) is 12.7 Å². The van der Waals surface area contributed by atoms with Gasteiger partial charge in [-0.3, -0.25) is 4.79 Å². The van der Waals surface area contributed by atoms with Crippen LogP contribution in [0.3, 0.4) is 0 Å². The van der Waals surface area contributed by atoms with Crippen molar-refractivity contribution in [2.24, 2.45) is 0 Å². The van der Waals surface area contributed by atoms with E-state index in [0.717, 1.165) is 9.13 Å². The van der Waals surface area contributed by atoms with Gasteiger partial charge in [0.25, 0.3) is 5.91 Å². The molecule has 0 aliphatic heterocycles. The maximum Gasteiger partial charge on any atom is 0.337 e. The molecule has 0 fully saturated rings. The van der Waals surface area contributed by atoms with E-state index < -0.39 is 0 Å². The van der Waals surface area contributed by atoms with Crippen LogP contribution in [0, 0.1) is 3.57 Å². The zero-order valence-electron chi connectivity index (χ0n) is 12.4. The van der Waals surface area contributed by atoms with Gasteiger partial charge in [0.1, 0.15) is 0 Å². The smallest absolute Gasteiger partial charge is 0.337 e. The number of methoxy groups -OCH3 is 1. The first-order valence-corrected chi connectivity index (χ1v) is 7.77. The monoisotopic (exact) mass is 409 g/mol. The Morgan fingerprint density at radius 3 is 2.09 bits per heavy atom. The Labute approximate surface area is 143 Å². The van der Waals surface area contributed by atoms with Crippen LogP contribution in [0.1, 0.15) is 26.3 Å². The summed E-state index contributed by atoms with van der Waals surface area (Å²) in [7, 11) is 3.11. The van der Waals surface area contributed by atoms with Crippen molar-refractivity contribution in [3.63, 3.8) is 0 Å². The molecular weight excluding hydrogens is 393 g/mol. The van der Waals surface area contributed by atoms with Crippen LogP contribution in [0.15, 0.2) is 48.5 Å². The molecule has 0 saturated carbocycles. The van der Waals surface area contributed by atoms with Gasteiger partial charge in [0, 0.05) is 22.7 Å². The van der Waals surface area contributed by atoms with Gasteiger partial charge in [0.15, 0.2) is 0 Å². The average molecular weight is 409 g/mol. The Hall–Kier alpha value is -1.89. The highest BCUT2D eigenvalue weighted by atomic mass is 127. The lowest BCUT2D eigenvalue weighted by Crippen LogP contribution is -2.26. The molecule has 0 N–H and O–H groups in total. The average Bonchev–Trinajstić information content (AvgIpc) is 2.54. The molecule has 0 saturated heterocycles. The van der Waals surface area contributed by atoms with Crippen molar-refractivity contribution in [3.05, 3.63) is 68.8 Å². The van der Waals surface area contributed by atoms with Gasteiger partial charge in [-0.1, -0.05) is 12.1 Å². The van der Waals surface area contributed by atoms with Crippen LogP contribution in [-0.4, -0.2) is 30.9 Å². The molecule has 0 aromatic heterocycles. The third-order valence-corrected chi connectivity index (χ3v) is 3.95. The zero-order chi connectivity index (χ0) is 16.1. The van der Waals surface area contributed by atoms with E-state index >= 15 is 0 Å². The standard InChI is InChI=1S/C17H16INO3/c1-19(16(20)13-7-9-15(18)10-8-13)11-12-3-5-14(6-4-12)17(21)22-2/h3-10H,11H2,1-2H3. The number of esters is 1. The predicted octanol–water partition coefficient (Wildman–Crippen LogP) is 3.35. The number of carbonyl (C=O) groups excluding carboxylic acids is 2.